The van der Waals surface area contributed by atoms with Gasteiger partial charge in [-0.25, -0.2) is 0 Å². The summed E-state index contributed by atoms with van der Waals surface area (Å²) in [5.41, 5.74) is 1.01. The molecule has 1 aliphatic rings. The van der Waals surface area contributed by atoms with Crippen LogP contribution in [0.1, 0.15) is 24.5 Å². The van der Waals surface area contributed by atoms with Crippen molar-refractivity contribution in [2.45, 2.75) is 18.8 Å². The van der Waals surface area contributed by atoms with E-state index in [0.29, 0.717) is 5.92 Å². The maximum atomic E-state index is 8.97. The Morgan fingerprint density at radius 2 is 2.25 bits per heavy atom. The molecule has 66 valence electrons. The van der Waals surface area contributed by atoms with E-state index in [-0.39, 0.29) is 0 Å². The summed E-state index contributed by atoms with van der Waals surface area (Å²) in [6, 6.07) is 1.88. The Bertz CT molecular complexity index is 253. The van der Waals surface area contributed by atoms with Crippen molar-refractivity contribution in [3.8, 4) is 0 Å². The first kappa shape index (κ1) is 7.61. The lowest BCUT2D eigenvalue weighted by Crippen LogP contribution is -2.26. The summed E-state index contributed by atoms with van der Waals surface area (Å²) < 4.78 is 0. The lowest BCUT2D eigenvalue weighted by molar-refractivity contribution is 0.146. The van der Waals surface area contributed by atoms with Gasteiger partial charge in [0.15, 0.2) is 0 Å². The van der Waals surface area contributed by atoms with E-state index in [0.717, 1.165) is 36.5 Å². The summed E-state index contributed by atoms with van der Waals surface area (Å²) in [4.78, 5) is 0.886. The largest absolute Gasteiger partial charge is 0.412 e. The highest BCUT2D eigenvalue weighted by Crippen LogP contribution is 2.22. The van der Waals surface area contributed by atoms with Crippen molar-refractivity contribution in [1.82, 2.24) is 15.3 Å². The molecule has 2 rings (SSSR count). The van der Waals surface area contributed by atoms with E-state index < -0.39 is 0 Å². The minimum absolute atomic E-state index is 0.527. The van der Waals surface area contributed by atoms with Crippen LogP contribution in [0.3, 0.4) is 0 Å². The van der Waals surface area contributed by atoms with E-state index in [1.54, 1.807) is 6.20 Å². The highest BCUT2D eigenvalue weighted by Gasteiger charge is 2.17. The molecule has 2 N–H and O–H groups in total. The van der Waals surface area contributed by atoms with Gasteiger partial charge in [0.2, 0.25) is 0 Å². The van der Waals surface area contributed by atoms with Crippen LogP contribution in [0.4, 0.5) is 0 Å². The molecular formula is C8H13N3O. The van der Waals surface area contributed by atoms with E-state index in [1.807, 2.05) is 6.07 Å². The fourth-order valence-corrected chi connectivity index (χ4v) is 1.66. The Balaban J connectivity index is 2.08. The SMILES string of the molecule is On1ccc(C2CCNCC2)n1. The minimum Gasteiger partial charge on any atom is -0.412 e. The first-order valence-electron chi connectivity index (χ1n) is 4.32. The molecule has 0 unspecified atom stereocenters. The Kier molecular flexibility index (Phi) is 1.99. The highest BCUT2D eigenvalue weighted by atomic mass is 16.5. The molecule has 1 aromatic rings. The smallest absolute Gasteiger partial charge is 0.0692 e. The third-order valence-corrected chi connectivity index (χ3v) is 2.35. The average Bonchev–Trinajstić information content (AvgIpc) is 2.54. The highest BCUT2D eigenvalue weighted by molar-refractivity contribution is 5.06. The molecule has 0 radical (unpaired) electrons. The molecule has 1 saturated heterocycles. The molecule has 0 spiro atoms. The van der Waals surface area contributed by atoms with Gasteiger partial charge in [-0.2, -0.15) is 0 Å². The van der Waals surface area contributed by atoms with Crippen LogP contribution >= 0.6 is 0 Å². The van der Waals surface area contributed by atoms with Crippen molar-refractivity contribution in [3.63, 3.8) is 0 Å². The Hall–Kier alpha value is -1.03. The fraction of sp³-hybridized carbons (Fsp3) is 0.625. The van der Waals surface area contributed by atoms with Crippen LogP contribution in [0.5, 0.6) is 0 Å². The standard InChI is InChI=1S/C8H13N3O/c12-11-6-3-8(10-11)7-1-4-9-5-2-7/h3,6-7,9,12H,1-2,4-5H2. The van der Waals surface area contributed by atoms with E-state index >= 15 is 0 Å². The topological polar surface area (TPSA) is 50.1 Å². The molecular weight excluding hydrogens is 154 g/mol. The molecule has 4 nitrogen and oxygen atoms in total. The predicted octanol–water partition coefficient (Wildman–Crippen LogP) is 0.587. The summed E-state index contributed by atoms with van der Waals surface area (Å²) in [6.45, 7) is 2.12. The third-order valence-electron chi connectivity index (χ3n) is 2.35. The molecule has 1 aliphatic heterocycles. The van der Waals surface area contributed by atoms with Gasteiger partial charge in [0.1, 0.15) is 0 Å². The lowest BCUT2D eigenvalue weighted by Gasteiger charge is -2.20. The zero-order valence-electron chi connectivity index (χ0n) is 6.90. The summed E-state index contributed by atoms with van der Waals surface area (Å²) in [5, 5.41) is 16.2. The normalized spacial score (nSPS) is 19.7. The number of hydrogen-bond acceptors (Lipinski definition) is 3. The lowest BCUT2D eigenvalue weighted by atomic mass is 9.95. The first-order valence-corrected chi connectivity index (χ1v) is 4.32. The zero-order chi connectivity index (χ0) is 8.39. The molecule has 0 atom stereocenters. The van der Waals surface area contributed by atoms with Crippen molar-refractivity contribution in [3.05, 3.63) is 18.0 Å². The monoisotopic (exact) mass is 167 g/mol. The van der Waals surface area contributed by atoms with Crippen molar-refractivity contribution in [2.75, 3.05) is 13.1 Å². The molecule has 0 saturated carbocycles. The van der Waals surface area contributed by atoms with Gasteiger partial charge in [-0.05, 0) is 32.0 Å². The van der Waals surface area contributed by atoms with Gasteiger partial charge in [-0.3, -0.25) is 0 Å². The van der Waals surface area contributed by atoms with Gasteiger partial charge >= 0.3 is 0 Å². The van der Waals surface area contributed by atoms with E-state index in [1.165, 1.54) is 0 Å². The van der Waals surface area contributed by atoms with Gasteiger partial charge in [-0.1, -0.05) is 0 Å². The molecule has 0 aliphatic carbocycles. The quantitative estimate of drug-likeness (QED) is 0.602. The second-order valence-electron chi connectivity index (χ2n) is 3.19. The number of aromatic nitrogens is 2. The van der Waals surface area contributed by atoms with E-state index in [4.69, 9.17) is 5.21 Å². The van der Waals surface area contributed by atoms with Gasteiger partial charge in [0.05, 0.1) is 11.9 Å². The average molecular weight is 167 g/mol. The van der Waals surface area contributed by atoms with Crippen LogP contribution in [-0.2, 0) is 0 Å². The summed E-state index contributed by atoms with van der Waals surface area (Å²) in [7, 11) is 0. The van der Waals surface area contributed by atoms with Crippen molar-refractivity contribution >= 4 is 0 Å². The second-order valence-corrected chi connectivity index (χ2v) is 3.19. The molecule has 12 heavy (non-hydrogen) atoms. The van der Waals surface area contributed by atoms with Crippen LogP contribution < -0.4 is 5.32 Å². The first-order chi connectivity index (χ1) is 5.86. The zero-order valence-corrected chi connectivity index (χ0v) is 6.90. The van der Waals surface area contributed by atoms with Crippen LogP contribution in [0.2, 0.25) is 0 Å². The second kappa shape index (κ2) is 3.15. The van der Waals surface area contributed by atoms with E-state index in [9.17, 15) is 0 Å². The molecule has 0 amide bonds. The number of nitrogens with zero attached hydrogens (tertiary/aromatic N) is 2. The number of nitrogens with one attached hydrogen (secondary N) is 1. The molecule has 0 bridgehead atoms. The summed E-state index contributed by atoms with van der Waals surface area (Å²) in [6.07, 6.45) is 3.82. The maximum Gasteiger partial charge on any atom is 0.0692 e. The molecule has 0 aromatic carbocycles. The van der Waals surface area contributed by atoms with Crippen LogP contribution in [0.15, 0.2) is 12.3 Å². The molecule has 2 heterocycles. The number of rotatable bonds is 1. The van der Waals surface area contributed by atoms with Crippen molar-refractivity contribution < 1.29 is 5.21 Å². The van der Waals surface area contributed by atoms with Crippen LogP contribution in [-0.4, -0.2) is 28.2 Å². The Labute approximate surface area is 71.2 Å². The third kappa shape index (κ3) is 1.43. The number of hydrogen-bond donors (Lipinski definition) is 2. The fourth-order valence-electron chi connectivity index (χ4n) is 1.66. The van der Waals surface area contributed by atoms with E-state index in [2.05, 4.69) is 10.4 Å². The number of piperidine rings is 1. The van der Waals surface area contributed by atoms with Gasteiger partial charge in [0, 0.05) is 5.92 Å². The predicted molar refractivity (Wildman–Crippen MR) is 44.3 cm³/mol. The minimum atomic E-state index is 0.527. The molecule has 1 fully saturated rings. The molecule has 4 heteroatoms. The molecule has 1 aromatic heterocycles. The summed E-state index contributed by atoms with van der Waals surface area (Å²) in [5.74, 6) is 0.527. The van der Waals surface area contributed by atoms with Crippen molar-refractivity contribution in [1.29, 1.82) is 0 Å². The van der Waals surface area contributed by atoms with Crippen LogP contribution in [0, 0.1) is 0 Å². The maximum absolute atomic E-state index is 8.97. The summed E-state index contributed by atoms with van der Waals surface area (Å²) >= 11 is 0. The van der Waals surface area contributed by atoms with Gasteiger partial charge in [0.25, 0.3) is 0 Å². The Morgan fingerprint density at radius 1 is 1.50 bits per heavy atom. The van der Waals surface area contributed by atoms with Gasteiger partial charge in [-0.15, -0.1) is 9.94 Å². The van der Waals surface area contributed by atoms with Crippen LogP contribution in [0.25, 0.3) is 0 Å². The van der Waals surface area contributed by atoms with Gasteiger partial charge < -0.3 is 10.5 Å². The van der Waals surface area contributed by atoms with Crippen molar-refractivity contribution in [2.24, 2.45) is 0 Å². The Morgan fingerprint density at radius 3 is 2.83 bits per heavy atom.